The third-order valence-electron chi connectivity index (χ3n) is 7.30. The molecule has 0 amide bonds. The molecule has 0 atom stereocenters. The lowest BCUT2D eigenvalue weighted by atomic mass is 9.80. The summed E-state index contributed by atoms with van der Waals surface area (Å²) >= 11 is 0. The van der Waals surface area contributed by atoms with E-state index in [0.717, 1.165) is 0 Å². The number of hydroxylamine groups is 4. The molecule has 3 rings (SSSR count). The van der Waals surface area contributed by atoms with Crippen molar-refractivity contribution in [2.24, 2.45) is 0 Å². The minimum absolute atomic E-state index is 0.176. The number of benzene rings is 1. The van der Waals surface area contributed by atoms with Gasteiger partial charge in [-0.05, 0) is 67.0 Å². The van der Waals surface area contributed by atoms with Crippen molar-refractivity contribution in [3.05, 3.63) is 41.5 Å². The molecule has 2 aliphatic heterocycles. The number of carbonyl (C=O) groups excluding carboxylic acids is 2. The number of rotatable bonds is 5. The molecule has 2 N–H and O–H groups in total. The van der Waals surface area contributed by atoms with Crippen LogP contribution >= 0.6 is 0 Å². The highest BCUT2D eigenvalue weighted by atomic mass is 16.6. The Hall–Kier alpha value is -2.26. The second-order valence-electron chi connectivity index (χ2n) is 12.7. The second-order valence-corrected chi connectivity index (χ2v) is 12.7. The Bertz CT molecular complexity index is 905. The Balaban J connectivity index is 1.84. The largest absolute Gasteiger partial charge is 0.458 e. The number of nitrogens with zero attached hydrogens (tertiary/aromatic N) is 2. The van der Waals surface area contributed by atoms with Crippen LogP contribution in [-0.2, 0) is 19.1 Å². The molecule has 2 saturated heterocycles. The van der Waals surface area contributed by atoms with Crippen molar-refractivity contribution in [2.75, 3.05) is 0 Å². The fourth-order valence-corrected chi connectivity index (χ4v) is 5.87. The Morgan fingerprint density at radius 3 is 1.39 bits per heavy atom. The number of carbonyl (C=O) groups is 2. The summed E-state index contributed by atoms with van der Waals surface area (Å²) in [5.41, 5.74) is -1.92. The summed E-state index contributed by atoms with van der Waals surface area (Å²) in [4.78, 5) is 26.8. The quantitative estimate of drug-likeness (QED) is 0.252. The molecule has 200 valence electrons. The molecular formula is C28H42N2O6. The van der Waals surface area contributed by atoms with E-state index in [-0.39, 0.29) is 5.57 Å². The molecule has 0 unspecified atom stereocenters. The number of hydrogen-bond acceptors (Lipinski definition) is 8. The van der Waals surface area contributed by atoms with Crippen LogP contribution in [0.1, 0.15) is 86.6 Å². The minimum Gasteiger partial charge on any atom is -0.458 e. The van der Waals surface area contributed by atoms with Crippen molar-refractivity contribution in [2.45, 2.75) is 115 Å². The van der Waals surface area contributed by atoms with Crippen LogP contribution in [0.3, 0.4) is 0 Å². The normalized spacial score (nSPS) is 24.1. The minimum atomic E-state index is -0.745. The lowest BCUT2D eigenvalue weighted by molar-refractivity contribution is -0.259. The van der Waals surface area contributed by atoms with Crippen LogP contribution in [-0.4, -0.2) is 66.8 Å². The third-order valence-corrected chi connectivity index (χ3v) is 7.30. The SMILES string of the molecule is CC1(C)CC(OC(=O)C(=Cc2ccccc2)C(=O)OC2CC(C)(C)N(O)C(C)(C)C2)CC(C)(C)N1O. The van der Waals surface area contributed by atoms with Gasteiger partial charge in [-0.3, -0.25) is 0 Å². The van der Waals surface area contributed by atoms with Crippen molar-refractivity contribution in [1.82, 2.24) is 10.1 Å². The summed E-state index contributed by atoms with van der Waals surface area (Å²) in [6.45, 7) is 15.1. The van der Waals surface area contributed by atoms with Gasteiger partial charge in [0.05, 0.1) is 0 Å². The first kappa shape index (κ1) is 28.3. The first-order chi connectivity index (χ1) is 16.4. The molecule has 0 radical (unpaired) electrons. The first-order valence-corrected chi connectivity index (χ1v) is 12.6. The van der Waals surface area contributed by atoms with Gasteiger partial charge < -0.3 is 19.9 Å². The van der Waals surface area contributed by atoms with Gasteiger partial charge in [-0.25, -0.2) is 9.59 Å². The van der Waals surface area contributed by atoms with E-state index >= 15 is 0 Å². The predicted octanol–water partition coefficient (Wildman–Crippen LogP) is 4.98. The highest BCUT2D eigenvalue weighted by Crippen LogP contribution is 2.39. The van der Waals surface area contributed by atoms with Crippen LogP contribution in [0.5, 0.6) is 0 Å². The molecule has 2 fully saturated rings. The molecule has 8 heteroatoms. The zero-order valence-electron chi connectivity index (χ0n) is 22.9. The topological polar surface area (TPSA) is 99.5 Å². The maximum atomic E-state index is 13.4. The Labute approximate surface area is 214 Å². The van der Waals surface area contributed by atoms with Gasteiger partial charge in [-0.1, -0.05) is 30.3 Å². The van der Waals surface area contributed by atoms with Crippen molar-refractivity contribution < 1.29 is 29.5 Å². The fraction of sp³-hybridized carbons (Fsp3) is 0.643. The molecule has 0 bridgehead atoms. The van der Waals surface area contributed by atoms with Crippen LogP contribution in [0.4, 0.5) is 0 Å². The third kappa shape index (κ3) is 6.17. The number of esters is 2. The van der Waals surface area contributed by atoms with Gasteiger partial charge in [0.15, 0.2) is 0 Å². The monoisotopic (exact) mass is 502 g/mol. The number of hydrogen-bond donors (Lipinski definition) is 2. The average Bonchev–Trinajstić information content (AvgIpc) is 2.73. The summed E-state index contributed by atoms with van der Waals surface area (Å²) in [5.74, 6) is -1.49. The molecule has 2 heterocycles. The van der Waals surface area contributed by atoms with Gasteiger partial charge in [0.25, 0.3) is 0 Å². The van der Waals surface area contributed by atoms with Gasteiger partial charge in [0.2, 0.25) is 0 Å². The fourth-order valence-electron chi connectivity index (χ4n) is 5.87. The van der Waals surface area contributed by atoms with E-state index < -0.39 is 46.3 Å². The van der Waals surface area contributed by atoms with E-state index in [1.165, 1.54) is 16.2 Å². The summed E-state index contributed by atoms with van der Waals surface area (Å²) in [7, 11) is 0. The zero-order valence-corrected chi connectivity index (χ0v) is 22.9. The van der Waals surface area contributed by atoms with Crippen molar-refractivity contribution >= 4 is 18.0 Å². The number of piperidine rings is 2. The van der Waals surface area contributed by atoms with Gasteiger partial charge in [-0.2, -0.15) is 10.1 Å². The van der Waals surface area contributed by atoms with Crippen LogP contribution in [0.25, 0.3) is 6.08 Å². The lowest BCUT2D eigenvalue weighted by Gasteiger charge is -2.51. The predicted molar refractivity (Wildman–Crippen MR) is 136 cm³/mol. The van der Waals surface area contributed by atoms with E-state index in [4.69, 9.17) is 9.47 Å². The lowest BCUT2D eigenvalue weighted by Crippen LogP contribution is -2.61. The van der Waals surface area contributed by atoms with Crippen LogP contribution in [0.15, 0.2) is 35.9 Å². The van der Waals surface area contributed by atoms with Crippen LogP contribution in [0.2, 0.25) is 0 Å². The second kappa shape index (κ2) is 9.89. The molecule has 1 aromatic rings. The van der Waals surface area contributed by atoms with Crippen LogP contribution in [0, 0.1) is 0 Å². The molecule has 2 aliphatic rings. The molecule has 0 spiro atoms. The highest BCUT2D eigenvalue weighted by molar-refractivity contribution is 6.17. The molecule has 0 aromatic heterocycles. The molecule has 8 nitrogen and oxygen atoms in total. The Morgan fingerprint density at radius 1 is 0.722 bits per heavy atom. The Morgan fingerprint density at radius 2 is 1.06 bits per heavy atom. The van der Waals surface area contributed by atoms with Gasteiger partial charge in [0.1, 0.15) is 17.8 Å². The van der Waals surface area contributed by atoms with Gasteiger partial charge in [-0.15, -0.1) is 0 Å². The summed E-state index contributed by atoms with van der Waals surface area (Å²) in [6.07, 6.45) is 2.22. The van der Waals surface area contributed by atoms with Gasteiger partial charge >= 0.3 is 11.9 Å². The Kier molecular flexibility index (Phi) is 7.78. The van der Waals surface area contributed by atoms with E-state index in [1.54, 1.807) is 12.1 Å². The summed E-state index contributed by atoms with van der Waals surface area (Å²) in [5, 5.41) is 23.8. The smallest absolute Gasteiger partial charge is 0.345 e. The first-order valence-electron chi connectivity index (χ1n) is 12.6. The summed E-state index contributed by atoms with van der Waals surface area (Å²) in [6, 6.07) is 9.10. The van der Waals surface area contributed by atoms with Crippen molar-refractivity contribution in [3.63, 3.8) is 0 Å². The van der Waals surface area contributed by atoms with E-state index in [1.807, 2.05) is 73.6 Å². The van der Waals surface area contributed by atoms with Crippen molar-refractivity contribution in [1.29, 1.82) is 0 Å². The van der Waals surface area contributed by atoms with Crippen LogP contribution < -0.4 is 0 Å². The maximum Gasteiger partial charge on any atom is 0.345 e. The zero-order chi connectivity index (χ0) is 27.1. The van der Waals surface area contributed by atoms with E-state index in [9.17, 15) is 20.0 Å². The van der Waals surface area contributed by atoms with Gasteiger partial charge in [0, 0.05) is 47.8 Å². The summed E-state index contributed by atoms with van der Waals surface area (Å²) < 4.78 is 11.7. The molecular weight excluding hydrogens is 460 g/mol. The van der Waals surface area contributed by atoms with Crippen molar-refractivity contribution in [3.8, 4) is 0 Å². The molecule has 0 aliphatic carbocycles. The molecule has 1 aromatic carbocycles. The maximum absolute atomic E-state index is 13.4. The molecule has 36 heavy (non-hydrogen) atoms. The van der Waals surface area contributed by atoms with E-state index in [0.29, 0.717) is 31.2 Å². The van der Waals surface area contributed by atoms with E-state index in [2.05, 4.69) is 0 Å². The molecule has 0 saturated carbocycles. The standard InChI is InChI=1S/C28H42N2O6/c1-25(2)15-20(16-26(3,4)29(25)33)35-23(31)22(14-19-12-10-9-11-13-19)24(32)36-21-17-27(5,6)30(34)28(7,8)18-21/h9-14,20-21,33-34H,15-18H2,1-8H3. The number of ether oxygens (including phenoxy) is 2. The highest BCUT2D eigenvalue weighted by Gasteiger charge is 2.48. The average molecular weight is 503 g/mol.